The van der Waals surface area contributed by atoms with Crippen molar-refractivity contribution < 1.29 is 9.59 Å². The first kappa shape index (κ1) is 17.4. The van der Waals surface area contributed by atoms with E-state index in [0.29, 0.717) is 18.9 Å². The first-order valence-corrected chi connectivity index (χ1v) is 8.87. The van der Waals surface area contributed by atoms with Gasteiger partial charge in [0.25, 0.3) is 0 Å². The van der Waals surface area contributed by atoms with Crippen LogP contribution in [0.15, 0.2) is 0 Å². The van der Waals surface area contributed by atoms with Crippen LogP contribution in [0.2, 0.25) is 0 Å². The molecule has 5 nitrogen and oxygen atoms in total. The van der Waals surface area contributed by atoms with Crippen LogP contribution in [0, 0.1) is 5.92 Å². The molecule has 2 N–H and O–H groups in total. The number of imide groups is 1. The lowest BCUT2D eigenvalue weighted by Crippen LogP contribution is -2.50. The van der Waals surface area contributed by atoms with Gasteiger partial charge in [-0.3, -0.25) is 14.9 Å². The van der Waals surface area contributed by atoms with Crippen LogP contribution in [-0.2, 0) is 9.59 Å². The molecular formula is C17H31N3O2. The minimum Gasteiger partial charge on any atom is -0.306 e. The maximum absolute atomic E-state index is 11.6. The van der Waals surface area contributed by atoms with Gasteiger partial charge in [0.15, 0.2) is 0 Å². The fourth-order valence-electron chi connectivity index (χ4n) is 3.48. The molecule has 0 aliphatic carbocycles. The molecule has 0 aromatic heterocycles. The number of unbranched alkanes of at least 4 members (excludes halogenated alkanes) is 1. The molecule has 0 aromatic rings. The molecular weight excluding hydrogens is 278 g/mol. The Morgan fingerprint density at radius 2 is 1.91 bits per heavy atom. The second-order valence-electron chi connectivity index (χ2n) is 7.03. The van der Waals surface area contributed by atoms with Crippen molar-refractivity contribution >= 4 is 11.8 Å². The number of hydrogen-bond donors (Lipinski definition) is 2. The van der Waals surface area contributed by atoms with Gasteiger partial charge < -0.3 is 10.2 Å². The molecule has 2 aliphatic heterocycles. The Morgan fingerprint density at radius 3 is 2.55 bits per heavy atom. The molecule has 0 bridgehead atoms. The molecule has 0 spiro atoms. The van der Waals surface area contributed by atoms with Gasteiger partial charge in [-0.05, 0) is 65.1 Å². The van der Waals surface area contributed by atoms with Gasteiger partial charge in [-0.1, -0.05) is 12.8 Å². The van der Waals surface area contributed by atoms with Gasteiger partial charge in [0.2, 0.25) is 11.8 Å². The van der Waals surface area contributed by atoms with Crippen molar-refractivity contribution in [3.63, 3.8) is 0 Å². The highest BCUT2D eigenvalue weighted by atomic mass is 16.2. The third-order valence-corrected chi connectivity index (χ3v) is 5.05. The van der Waals surface area contributed by atoms with Crippen molar-refractivity contribution in [3.05, 3.63) is 0 Å². The van der Waals surface area contributed by atoms with E-state index in [4.69, 9.17) is 0 Å². The Hall–Kier alpha value is -0.940. The molecule has 1 atom stereocenters. The molecule has 2 fully saturated rings. The van der Waals surface area contributed by atoms with Gasteiger partial charge >= 0.3 is 0 Å². The Balaban J connectivity index is 1.51. The number of amides is 2. The van der Waals surface area contributed by atoms with Gasteiger partial charge in [-0.25, -0.2) is 0 Å². The highest BCUT2D eigenvalue weighted by molar-refractivity contribution is 6.00. The predicted molar refractivity (Wildman–Crippen MR) is 87.5 cm³/mol. The molecule has 0 radical (unpaired) electrons. The van der Waals surface area contributed by atoms with E-state index >= 15 is 0 Å². The van der Waals surface area contributed by atoms with Gasteiger partial charge in [-0.15, -0.1) is 0 Å². The molecule has 2 saturated heterocycles. The smallest absolute Gasteiger partial charge is 0.243 e. The summed E-state index contributed by atoms with van der Waals surface area (Å²) in [7, 11) is 0. The normalized spacial score (nSPS) is 24.8. The zero-order valence-electron chi connectivity index (χ0n) is 14.1. The largest absolute Gasteiger partial charge is 0.306 e. The summed E-state index contributed by atoms with van der Waals surface area (Å²) in [5, 5.41) is 5.67. The minimum absolute atomic E-state index is 0.143. The zero-order chi connectivity index (χ0) is 15.9. The van der Waals surface area contributed by atoms with Gasteiger partial charge in [0.05, 0.1) is 6.04 Å². The number of nitrogens with zero attached hydrogens (tertiary/aromatic N) is 1. The van der Waals surface area contributed by atoms with Crippen LogP contribution >= 0.6 is 0 Å². The fourth-order valence-corrected chi connectivity index (χ4v) is 3.48. The third-order valence-electron chi connectivity index (χ3n) is 5.05. The van der Waals surface area contributed by atoms with Crippen LogP contribution in [0.3, 0.4) is 0 Å². The van der Waals surface area contributed by atoms with E-state index < -0.39 is 0 Å². The molecule has 2 amide bonds. The van der Waals surface area contributed by atoms with Crippen molar-refractivity contribution in [1.82, 2.24) is 15.5 Å². The van der Waals surface area contributed by atoms with E-state index in [9.17, 15) is 9.59 Å². The maximum Gasteiger partial charge on any atom is 0.243 e. The van der Waals surface area contributed by atoms with Gasteiger partial charge in [-0.2, -0.15) is 0 Å². The van der Waals surface area contributed by atoms with Crippen molar-refractivity contribution in [1.29, 1.82) is 0 Å². The standard InChI is InChI=1S/C17H31N3O2/c1-13(2)20-11-8-14(9-12-20)5-3-4-10-18-15-6-7-16(21)19-17(15)22/h13-15,18H,3-12H2,1-2H3,(H,19,21,22). The van der Waals surface area contributed by atoms with Crippen molar-refractivity contribution in [2.45, 2.75) is 70.9 Å². The monoisotopic (exact) mass is 309 g/mol. The second-order valence-corrected chi connectivity index (χ2v) is 7.03. The average molecular weight is 309 g/mol. The fraction of sp³-hybridized carbons (Fsp3) is 0.882. The van der Waals surface area contributed by atoms with E-state index in [2.05, 4.69) is 29.4 Å². The third kappa shape index (κ3) is 5.36. The van der Waals surface area contributed by atoms with Crippen molar-refractivity contribution in [3.8, 4) is 0 Å². The zero-order valence-corrected chi connectivity index (χ0v) is 14.1. The first-order chi connectivity index (χ1) is 10.6. The summed E-state index contributed by atoms with van der Waals surface area (Å²) < 4.78 is 0. The van der Waals surface area contributed by atoms with E-state index in [1.54, 1.807) is 0 Å². The topological polar surface area (TPSA) is 61.4 Å². The van der Waals surface area contributed by atoms with Gasteiger partial charge in [0, 0.05) is 12.5 Å². The Bertz CT molecular complexity index is 376. The number of rotatable bonds is 7. The molecule has 1 unspecified atom stereocenters. The van der Waals surface area contributed by atoms with Crippen LogP contribution < -0.4 is 10.6 Å². The Labute approximate surface area is 134 Å². The SMILES string of the molecule is CC(C)N1CCC(CCCCNC2CCC(=O)NC2=O)CC1. The molecule has 0 aromatic carbocycles. The second kappa shape index (κ2) is 8.63. The van der Waals surface area contributed by atoms with Crippen LogP contribution in [0.1, 0.15) is 58.8 Å². The highest BCUT2D eigenvalue weighted by Crippen LogP contribution is 2.23. The number of likely N-dealkylation sites (tertiary alicyclic amines) is 1. The summed E-state index contributed by atoms with van der Waals surface area (Å²) >= 11 is 0. The summed E-state index contributed by atoms with van der Waals surface area (Å²) in [6, 6.07) is 0.505. The molecule has 2 aliphatic rings. The minimum atomic E-state index is -0.174. The number of hydrogen-bond acceptors (Lipinski definition) is 4. The lowest BCUT2D eigenvalue weighted by Gasteiger charge is -2.34. The predicted octanol–water partition coefficient (Wildman–Crippen LogP) is 1.67. The quantitative estimate of drug-likeness (QED) is 0.555. The van der Waals surface area contributed by atoms with Crippen LogP contribution in [0.4, 0.5) is 0 Å². The molecule has 2 rings (SSSR count). The number of nitrogens with one attached hydrogen (secondary N) is 2. The molecule has 5 heteroatoms. The lowest BCUT2D eigenvalue weighted by molar-refractivity contribution is -0.134. The first-order valence-electron chi connectivity index (χ1n) is 8.87. The summed E-state index contributed by atoms with van der Waals surface area (Å²) in [4.78, 5) is 25.2. The van der Waals surface area contributed by atoms with E-state index in [-0.39, 0.29) is 17.9 Å². The number of piperidine rings is 2. The van der Waals surface area contributed by atoms with E-state index in [1.807, 2.05) is 0 Å². The summed E-state index contributed by atoms with van der Waals surface area (Å²) in [5.74, 6) is 0.582. The summed E-state index contributed by atoms with van der Waals surface area (Å²) in [5.41, 5.74) is 0. The summed E-state index contributed by atoms with van der Waals surface area (Å²) in [6.45, 7) is 7.92. The number of carbonyl (C=O) groups is 2. The van der Waals surface area contributed by atoms with E-state index in [1.165, 1.54) is 38.8 Å². The molecule has 0 saturated carbocycles. The summed E-state index contributed by atoms with van der Waals surface area (Å²) in [6.07, 6.45) is 7.41. The maximum atomic E-state index is 11.6. The van der Waals surface area contributed by atoms with E-state index in [0.717, 1.165) is 18.9 Å². The molecule has 126 valence electrons. The Kier molecular flexibility index (Phi) is 6.83. The van der Waals surface area contributed by atoms with Gasteiger partial charge in [0.1, 0.15) is 0 Å². The van der Waals surface area contributed by atoms with Crippen LogP contribution in [0.25, 0.3) is 0 Å². The lowest BCUT2D eigenvalue weighted by atomic mass is 9.91. The van der Waals surface area contributed by atoms with Crippen LogP contribution in [0.5, 0.6) is 0 Å². The Morgan fingerprint density at radius 1 is 1.18 bits per heavy atom. The van der Waals surface area contributed by atoms with Crippen molar-refractivity contribution in [2.75, 3.05) is 19.6 Å². The highest BCUT2D eigenvalue weighted by Gasteiger charge is 2.25. The van der Waals surface area contributed by atoms with Crippen molar-refractivity contribution in [2.24, 2.45) is 5.92 Å². The van der Waals surface area contributed by atoms with Crippen LogP contribution in [-0.4, -0.2) is 48.4 Å². The molecule has 2 heterocycles. The molecule has 22 heavy (non-hydrogen) atoms. The average Bonchev–Trinajstić information content (AvgIpc) is 2.49. The number of carbonyl (C=O) groups excluding carboxylic acids is 2.